The van der Waals surface area contributed by atoms with Gasteiger partial charge in [0, 0.05) is 6.42 Å². The molecule has 0 fully saturated rings. The first kappa shape index (κ1) is 62.6. The second kappa shape index (κ2) is 52.5. The molecule has 3 N–H and O–H groups in total. The molecule has 0 bridgehead atoms. The Kier molecular flexibility index (Phi) is 50.6. The molecule has 6 heteroatoms. The van der Waals surface area contributed by atoms with Crippen molar-refractivity contribution in [2.24, 2.45) is 0 Å². The first-order chi connectivity index (χ1) is 32.0. The van der Waals surface area contributed by atoms with Gasteiger partial charge in [0.2, 0.25) is 5.91 Å². The van der Waals surface area contributed by atoms with E-state index in [4.69, 9.17) is 4.74 Å². The number of carbonyl (C=O) groups is 2. The van der Waals surface area contributed by atoms with Crippen molar-refractivity contribution in [2.45, 2.75) is 296 Å². The summed E-state index contributed by atoms with van der Waals surface area (Å²) in [7, 11) is 0. The van der Waals surface area contributed by atoms with Crippen LogP contribution in [0.25, 0.3) is 0 Å². The van der Waals surface area contributed by atoms with Gasteiger partial charge in [0.05, 0.1) is 25.2 Å². The van der Waals surface area contributed by atoms with E-state index in [1.54, 1.807) is 0 Å². The molecule has 0 aliphatic rings. The molecule has 0 aliphatic carbocycles. The van der Waals surface area contributed by atoms with E-state index in [0.29, 0.717) is 19.3 Å². The van der Waals surface area contributed by atoms with Gasteiger partial charge < -0.3 is 20.3 Å². The molecule has 0 aromatic rings. The monoisotopic (exact) mass is 910 g/mol. The van der Waals surface area contributed by atoms with Crippen LogP contribution in [0, 0.1) is 0 Å². The zero-order chi connectivity index (χ0) is 47.4. The Morgan fingerprint density at radius 2 is 0.800 bits per heavy atom. The third-order valence-electron chi connectivity index (χ3n) is 12.6. The van der Waals surface area contributed by atoms with Crippen LogP contribution in [0.2, 0.25) is 0 Å². The molecule has 0 heterocycles. The number of amides is 1. The van der Waals surface area contributed by atoms with Crippen molar-refractivity contribution in [3.05, 3.63) is 60.8 Å². The number of esters is 1. The summed E-state index contributed by atoms with van der Waals surface area (Å²) in [5.74, 6) is -0.563. The van der Waals surface area contributed by atoms with E-state index < -0.39 is 18.2 Å². The molecule has 0 saturated heterocycles. The topological polar surface area (TPSA) is 95.9 Å². The molecule has 6 nitrogen and oxygen atoms in total. The van der Waals surface area contributed by atoms with Crippen molar-refractivity contribution in [3.8, 4) is 0 Å². The van der Waals surface area contributed by atoms with Crippen LogP contribution in [0.15, 0.2) is 60.8 Å². The van der Waals surface area contributed by atoms with E-state index in [-0.39, 0.29) is 31.3 Å². The Balaban J connectivity index is 4.62. The highest BCUT2D eigenvalue weighted by atomic mass is 16.5. The zero-order valence-electron chi connectivity index (χ0n) is 43.1. The van der Waals surface area contributed by atoms with Crippen LogP contribution in [-0.4, -0.2) is 46.9 Å². The van der Waals surface area contributed by atoms with Crippen molar-refractivity contribution in [1.29, 1.82) is 0 Å². The van der Waals surface area contributed by atoms with Crippen molar-refractivity contribution in [1.82, 2.24) is 5.32 Å². The molecule has 65 heavy (non-hydrogen) atoms. The van der Waals surface area contributed by atoms with Crippen LogP contribution < -0.4 is 5.32 Å². The van der Waals surface area contributed by atoms with Gasteiger partial charge in [-0.25, -0.2) is 0 Å². The van der Waals surface area contributed by atoms with E-state index in [9.17, 15) is 19.8 Å². The number of hydrogen-bond donors (Lipinski definition) is 3. The van der Waals surface area contributed by atoms with Crippen LogP contribution in [0.4, 0.5) is 0 Å². The van der Waals surface area contributed by atoms with Crippen LogP contribution in [0.1, 0.15) is 278 Å². The minimum Gasteiger partial charge on any atom is -0.462 e. The lowest BCUT2D eigenvalue weighted by Gasteiger charge is -2.24. The second-order valence-corrected chi connectivity index (χ2v) is 19.0. The molecule has 0 aliphatic heterocycles. The van der Waals surface area contributed by atoms with E-state index in [0.717, 1.165) is 70.6 Å². The molecular weight excluding hydrogens is 803 g/mol. The number of aliphatic hydroxyl groups is 2. The number of ether oxygens (including phenoxy) is 1. The SMILES string of the molecule is CC/C=C/C/C=C/C/C=C/C/C=C/C/C=C/CCC(=O)OC(CCCCCCCCCCCCCCCC)CC(=O)NC(CO)C(O)CCCCCCCCCCCCCCCCCC. The standard InChI is InChI=1S/C59H107NO5/c1-4-7-10-13-16-19-22-25-28-30-33-36-39-42-45-48-51-57(62)56(54-61)60-58(63)53-55(50-47-44-41-38-35-32-27-24-21-18-15-12-9-6-3)65-59(64)52-49-46-43-40-37-34-31-29-26-23-20-17-14-11-8-5-2/h8,11,17,20,26,29,34,37,43,46,55-57,61-62H,4-7,9-10,12-16,18-19,21-25,27-28,30-33,35-36,38-42,44-45,47-54H2,1-3H3,(H,60,63)/b11-8+,20-17+,29-26+,37-34+,46-43+. The van der Waals surface area contributed by atoms with Gasteiger partial charge in [-0.15, -0.1) is 0 Å². The minimum absolute atomic E-state index is 0.0497. The Morgan fingerprint density at radius 1 is 0.462 bits per heavy atom. The normalized spacial score (nSPS) is 13.6. The Bertz CT molecular complexity index is 1160. The maximum Gasteiger partial charge on any atom is 0.306 e. The maximum absolute atomic E-state index is 13.2. The number of aliphatic hydroxyl groups excluding tert-OH is 2. The molecule has 0 aromatic heterocycles. The molecule has 3 unspecified atom stereocenters. The summed E-state index contributed by atoms with van der Waals surface area (Å²) in [6.45, 7) is 6.38. The van der Waals surface area contributed by atoms with E-state index >= 15 is 0 Å². The summed E-state index contributed by atoms with van der Waals surface area (Å²) in [6.07, 6.45) is 65.8. The number of nitrogens with one attached hydrogen (secondary N) is 1. The first-order valence-corrected chi connectivity index (χ1v) is 28.0. The summed E-state index contributed by atoms with van der Waals surface area (Å²) in [5.41, 5.74) is 0. The van der Waals surface area contributed by atoms with Gasteiger partial charge in [0.1, 0.15) is 6.10 Å². The second-order valence-electron chi connectivity index (χ2n) is 19.0. The predicted octanol–water partition coefficient (Wildman–Crippen LogP) is 17.2. The highest BCUT2D eigenvalue weighted by Gasteiger charge is 2.24. The fourth-order valence-electron chi connectivity index (χ4n) is 8.42. The van der Waals surface area contributed by atoms with Crippen molar-refractivity contribution in [2.75, 3.05) is 6.61 Å². The minimum atomic E-state index is -0.800. The predicted molar refractivity (Wildman–Crippen MR) is 282 cm³/mol. The fourth-order valence-corrected chi connectivity index (χ4v) is 8.42. The third-order valence-corrected chi connectivity index (χ3v) is 12.6. The molecule has 0 radical (unpaired) electrons. The highest BCUT2D eigenvalue weighted by molar-refractivity contribution is 5.77. The molecule has 0 spiro atoms. The quantitative estimate of drug-likeness (QED) is 0.0321. The largest absolute Gasteiger partial charge is 0.462 e. The lowest BCUT2D eigenvalue weighted by Crippen LogP contribution is -2.46. The maximum atomic E-state index is 13.2. The van der Waals surface area contributed by atoms with Gasteiger partial charge in [-0.2, -0.15) is 0 Å². The lowest BCUT2D eigenvalue weighted by atomic mass is 10.0. The summed E-state index contributed by atoms with van der Waals surface area (Å²) >= 11 is 0. The first-order valence-electron chi connectivity index (χ1n) is 28.0. The molecular formula is C59H107NO5. The smallest absolute Gasteiger partial charge is 0.306 e. The number of rotatable bonds is 50. The number of hydrogen-bond acceptors (Lipinski definition) is 5. The van der Waals surface area contributed by atoms with Gasteiger partial charge in [-0.05, 0) is 57.8 Å². The van der Waals surface area contributed by atoms with E-state index in [1.165, 1.54) is 154 Å². The molecule has 378 valence electrons. The van der Waals surface area contributed by atoms with Gasteiger partial charge in [-0.1, -0.05) is 268 Å². The summed E-state index contributed by atoms with van der Waals surface area (Å²) in [6, 6.07) is -0.716. The van der Waals surface area contributed by atoms with Gasteiger partial charge in [0.25, 0.3) is 0 Å². The number of unbranched alkanes of at least 4 members (excludes halogenated alkanes) is 28. The summed E-state index contributed by atoms with van der Waals surface area (Å²) < 4.78 is 5.91. The van der Waals surface area contributed by atoms with Crippen molar-refractivity contribution in [3.63, 3.8) is 0 Å². The van der Waals surface area contributed by atoms with E-state index in [1.807, 2.05) is 6.08 Å². The van der Waals surface area contributed by atoms with Crippen LogP contribution in [0.5, 0.6) is 0 Å². The molecule has 1 amide bonds. The fraction of sp³-hybridized carbons (Fsp3) is 0.797. The molecule has 3 atom stereocenters. The van der Waals surface area contributed by atoms with Gasteiger partial charge in [0.15, 0.2) is 0 Å². The van der Waals surface area contributed by atoms with E-state index in [2.05, 4.69) is 80.8 Å². The third kappa shape index (κ3) is 47.8. The Hall–Kier alpha value is -2.44. The van der Waals surface area contributed by atoms with Gasteiger partial charge >= 0.3 is 5.97 Å². The van der Waals surface area contributed by atoms with Crippen LogP contribution in [-0.2, 0) is 14.3 Å². The summed E-state index contributed by atoms with van der Waals surface area (Å²) in [5, 5.41) is 23.9. The van der Waals surface area contributed by atoms with Crippen LogP contribution >= 0.6 is 0 Å². The zero-order valence-corrected chi connectivity index (χ0v) is 43.1. The molecule has 0 saturated carbocycles. The lowest BCUT2D eigenvalue weighted by molar-refractivity contribution is -0.150. The molecule has 0 aromatic carbocycles. The summed E-state index contributed by atoms with van der Waals surface area (Å²) in [4.78, 5) is 26.2. The highest BCUT2D eigenvalue weighted by Crippen LogP contribution is 2.18. The number of allylic oxidation sites excluding steroid dienone is 10. The average molecular weight is 911 g/mol. The Labute approximate surface area is 403 Å². The van der Waals surface area contributed by atoms with Crippen molar-refractivity contribution < 1.29 is 24.5 Å². The average Bonchev–Trinajstić information content (AvgIpc) is 3.30. The number of carbonyl (C=O) groups excluding carboxylic acids is 2. The van der Waals surface area contributed by atoms with Gasteiger partial charge in [-0.3, -0.25) is 9.59 Å². The van der Waals surface area contributed by atoms with Crippen molar-refractivity contribution >= 4 is 11.9 Å². The Morgan fingerprint density at radius 3 is 1.17 bits per heavy atom. The van der Waals surface area contributed by atoms with Crippen LogP contribution in [0.3, 0.4) is 0 Å². The molecule has 0 rings (SSSR count).